The summed E-state index contributed by atoms with van der Waals surface area (Å²) in [6, 6.07) is 10.5. The van der Waals surface area contributed by atoms with E-state index in [1.807, 2.05) is 0 Å². The number of H-pyrrole nitrogens is 2. The zero-order valence-electron chi connectivity index (χ0n) is 24.5. The molecule has 1 fully saturated rings. The van der Waals surface area contributed by atoms with Crippen molar-refractivity contribution in [1.29, 1.82) is 0 Å². The Morgan fingerprint density at radius 1 is 1.00 bits per heavy atom. The van der Waals surface area contributed by atoms with Crippen molar-refractivity contribution in [2.45, 2.75) is 30.7 Å². The van der Waals surface area contributed by atoms with Crippen molar-refractivity contribution in [3.05, 3.63) is 88.9 Å². The van der Waals surface area contributed by atoms with Gasteiger partial charge in [-0.3, -0.25) is 14.7 Å². The molecule has 0 spiro atoms. The Balaban J connectivity index is 1.31. The summed E-state index contributed by atoms with van der Waals surface area (Å²) in [4.78, 5) is 31.1. The van der Waals surface area contributed by atoms with Gasteiger partial charge in [0.25, 0.3) is 11.8 Å². The third-order valence-corrected chi connectivity index (χ3v) is 9.64. The number of carbonyl (C=O) groups excluding carboxylic acids is 2. The highest BCUT2D eigenvalue weighted by atomic mass is 32.2. The predicted octanol–water partition coefficient (Wildman–Crippen LogP) is 3.84. The number of carbonyl (C=O) groups is 2. The Labute approximate surface area is 257 Å². The number of halogens is 2. The molecule has 0 aliphatic carbocycles. The van der Waals surface area contributed by atoms with E-state index in [1.54, 1.807) is 50.4 Å². The largest absolute Gasteiger partial charge is 0.378 e. The number of benzene rings is 2. The van der Waals surface area contributed by atoms with Crippen molar-refractivity contribution in [3.8, 4) is 0 Å². The zero-order valence-corrected chi connectivity index (χ0v) is 25.3. The van der Waals surface area contributed by atoms with Gasteiger partial charge in [0.15, 0.2) is 5.82 Å². The molecule has 0 atom stereocenters. The molecule has 4 aromatic rings. The van der Waals surface area contributed by atoms with Crippen LogP contribution in [0.2, 0.25) is 0 Å². The number of morpholine rings is 1. The minimum absolute atomic E-state index is 0.00598. The van der Waals surface area contributed by atoms with Crippen molar-refractivity contribution >= 4 is 39.0 Å². The third kappa shape index (κ3) is 6.06. The van der Waals surface area contributed by atoms with E-state index in [4.69, 9.17) is 4.74 Å². The number of anilines is 3. The Bertz CT molecular complexity index is 1850. The molecule has 0 bridgehead atoms. The normalized spacial score (nSPS) is 16.7. The molecule has 2 amide bonds. The third-order valence-electron chi connectivity index (χ3n) is 7.87. The Morgan fingerprint density at radius 3 is 2.42 bits per heavy atom. The first kappa shape index (κ1) is 30.4. The lowest BCUT2D eigenvalue weighted by molar-refractivity contribution is 0.102. The molecular formula is C30H31F2N7O5S. The Hall–Kier alpha value is -4.60. The molecule has 45 heavy (non-hydrogen) atoms. The van der Waals surface area contributed by atoms with Crippen molar-refractivity contribution in [2.24, 2.45) is 0 Å². The Morgan fingerprint density at radius 2 is 1.73 bits per heavy atom. The molecule has 2 aliphatic rings. The molecule has 0 unspecified atom stereocenters. The van der Waals surface area contributed by atoms with E-state index in [1.165, 1.54) is 0 Å². The SMILES string of the molecule is CC1(C)CN(S(=O)(=O)c2cc(F)cc(F)c2)Cc2c(NC(=O)c3ccc(N4CCOCC4)cc3NC(=O)c3ccc[nH]3)n[nH]c21. The van der Waals surface area contributed by atoms with Crippen molar-refractivity contribution in [1.82, 2.24) is 19.5 Å². The lowest BCUT2D eigenvalue weighted by Crippen LogP contribution is -2.45. The van der Waals surface area contributed by atoms with Crippen LogP contribution in [0.25, 0.3) is 0 Å². The highest BCUT2D eigenvalue weighted by Gasteiger charge is 2.41. The molecule has 12 nitrogen and oxygen atoms in total. The van der Waals surface area contributed by atoms with E-state index in [-0.39, 0.29) is 30.2 Å². The van der Waals surface area contributed by atoms with Crippen LogP contribution in [-0.4, -0.2) is 72.6 Å². The summed E-state index contributed by atoms with van der Waals surface area (Å²) in [5.41, 5.74) is 1.74. The van der Waals surface area contributed by atoms with Crippen LogP contribution in [-0.2, 0) is 26.7 Å². The molecule has 236 valence electrons. The molecule has 2 aromatic heterocycles. The number of hydrogen-bond acceptors (Lipinski definition) is 7. The van der Waals surface area contributed by atoms with Crippen LogP contribution in [0.1, 0.15) is 46.0 Å². The lowest BCUT2D eigenvalue weighted by Gasteiger charge is -2.36. The van der Waals surface area contributed by atoms with E-state index in [0.717, 1.165) is 22.1 Å². The molecule has 0 radical (unpaired) electrons. The van der Waals surface area contributed by atoms with Gasteiger partial charge in [0.2, 0.25) is 10.0 Å². The number of rotatable bonds is 7. The monoisotopic (exact) mass is 639 g/mol. The molecule has 0 saturated carbocycles. The number of nitrogens with zero attached hydrogens (tertiary/aromatic N) is 3. The highest BCUT2D eigenvalue weighted by molar-refractivity contribution is 7.89. The van der Waals surface area contributed by atoms with Gasteiger partial charge in [-0.2, -0.15) is 9.40 Å². The fourth-order valence-corrected chi connectivity index (χ4v) is 7.23. The number of ether oxygens (including phenoxy) is 1. The number of sulfonamides is 1. The standard InChI is InChI=1S/C30H31F2N7O5S/c1-30(2)17-39(45(42,43)21-13-18(31)12-19(32)14-21)16-23-26(30)36-37-27(23)35-28(40)22-6-5-20(38-8-10-44-11-9-38)15-25(22)34-29(41)24-4-3-7-33-24/h3-7,12-15,33H,8-11,16-17H2,1-2H3,(H,34,41)(H2,35,36,37,40). The van der Waals surface area contributed by atoms with Crippen molar-refractivity contribution in [3.63, 3.8) is 0 Å². The van der Waals surface area contributed by atoms with E-state index in [2.05, 4.69) is 30.7 Å². The van der Waals surface area contributed by atoms with Gasteiger partial charge < -0.3 is 25.3 Å². The Kier molecular flexibility index (Phi) is 7.93. The second-order valence-corrected chi connectivity index (χ2v) is 13.4. The quantitative estimate of drug-likeness (QED) is 0.240. The van der Waals surface area contributed by atoms with Crippen LogP contribution in [0.3, 0.4) is 0 Å². The maximum atomic E-state index is 13.9. The molecule has 2 aliphatic heterocycles. The van der Waals surface area contributed by atoms with Gasteiger partial charge >= 0.3 is 0 Å². The first-order chi connectivity index (χ1) is 21.4. The van der Waals surface area contributed by atoms with Gasteiger partial charge in [0.1, 0.15) is 17.3 Å². The van der Waals surface area contributed by atoms with Crippen molar-refractivity contribution < 1.29 is 31.5 Å². The predicted molar refractivity (Wildman–Crippen MR) is 162 cm³/mol. The number of fused-ring (bicyclic) bond motifs is 1. The summed E-state index contributed by atoms with van der Waals surface area (Å²) >= 11 is 0. The molecule has 4 heterocycles. The van der Waals surface area contributed by atoms with Gasteiger partial charge in [-0.25, -0.2) is 17.2 Å². The first-order valence-electron chi connectivity index (χ1n) is 14.2. The molecule has 15 heteroatoms. The maximum Gasteiger partial charge on any atom is 0.272 e. The number of aromatic nitrogens is 3. The number of aromatic amines is 2. The van der Waals surface area contributed by atoms with Crippen LogP contribution in [0.5, 0.6) is 0 Å². The molecule has 1 saturated heterocycles. The van der Waals surface area contributed by atoms with Crippen LogP contribution in [0.4, 0.5) is 26.0 Å². The minimum Gasteiger partial charge on any atom is -0.378 e. The fraction of sp³-hybridized carbons (Fsp3) is 0.300. The summed E-state index contributed by atoms with van der Waals surface area (Å²) in [6.07, 6.45) is 1.61. The zero-order chi connectivity index (χ0) is 31.9. The smallest absolute Gasteiger partial charge is 0.272 e. The molecule has 6 rings (SSSR count). The number of amides is 2. The average Bonchev–Trinajstić information content (AvgIpc) is 3.68. The number of hydrogen-bond donors (Lipinski definition) is 4. The summed E-state index contributed by atoms with van der Waals surface area (Å²) < 4.78 is 61.4. The topological polar surface area (TPSA) is 153 Å². The van der Waals surface area contributed by atoms with Crippen LogP contribution >= 0.6 is 0 Å². The number of nitrogens with one attached hydrogen (secondary N) is 4. The summed E-state index contributed by atoms with van der Waals surface area (Å²) in [5, 5.41) is 12.8. The van der Waals surface area contributed by atoms with Crippen LogP contribution < -0.4 is 15.5 Å². The van der Waals surface area contributed by atoms with Gasteiger partial charge in [0.05, 0.1) is 29.4 Å². The minimum atomic E-state index is -4.32. The van der Waals surface area contributed by atoms with Crippen LogP contribution in [0, 0.1) is 11.6 Å². The van der Waals surface area contributed by atoms with Gasteiger partial charge in [-0.15, -0.1) is 0 Å². The molecular weight excluding hydrogens is 608 g/mol. The fourth-order valence-electron chi connectivity index (χ4n) is 5.62. The average molecular weight is 640 g/mol. The highest BCUT2D eigenvalue weighted by Crippen LogP contribution is 2.38. The molecule has 4 N–H and O–H groups in total. The first-order valence-corrected chi connectivity index (χ1v) is 15.6. The second kappa shape index (κ2) is 11.7. The van der Waals surface area contributed by atoms with E-state index >= 15 is 0 Å². The van der Waals surface area contributed by atoms with E-state index in [9.17, 15) is 26.8 Å². The van der Waals surface area contributed by atoms with E-state index < -0.39 is 43.8 Å². The van der Waals surface area contributed by atoms with Gasteiger partial charge in [-0.05, 0) is 42.5 Å². The van der Waals surface area contributed by atoms with E-state index in [0.29, 0.717) is 49.3 Å². The molecule has 2 aromatic carbocycles. The van der Waals surface area contributed by atoms with Crippen LogP contribution in [0.15, 0.2) is 59.6 Å². The van der Waals surface area contributed by atoms with Gasteiger partial charge in [0, 0.05) is 60.8 Å². The summed E-state index contributed by atoms with van der Waals surface area (Å²) in [5.74, 6) is -2.97. The second-order valence-electron chi connectivity index (χ2n) is 11.5. The van der Waals surface area contributed by atoms with Crippen molar-refractivity contribution in [2.75, 3.05) is 48.4 Å². The summed E-state index contributed by atoms with van der Waals surface area (Å²) in [7, 11) is -4.32. The van der Waals surface area contributed by atoms with Gasteiger partial charge in [-0.1, -0.05) is 13.8 Å². The maximum absolute atomic E-state index is 13.9. The summed E-state index contributed by atoms with van der Waals surface area (Å²) in [6.45, 7) is 5.76. The lowest BCUT2D eigenvalue weighted by atomic mass is 9.84.